The van der Waals surface area contributed by atoms with Gasteiger partial charge in [-0.3, -0.25) is 4.79 Å². The summed E-state index contributed by atoms with van der Waals surface area (Å²) in [4.78, 5) is 16.9. The Balaban J connectivity index is 2.17. The van der Waals surface area contributed by atoms with E-state index >= 15 is 0 Å². The fourth-order valence-electron chi connectivity index (χ4n) is 2.45. The molecule has 3 nitrogen and oxygen atoms in total. The minimum atomic E-state index is -0.610. The number of halogens is 1. The largest absolute Gasteiger partial charge is 0.305 e. The Hall–Kier alpha value is -2.71. The van der Waals surface area contributed by atoms with Crippen molar-refractivity contribution in [3.63, 3.8) is 0 Å². The normalized spacial score (nSPS) is 11.6. The predicted molar refractivity (Wildman–Crippen MR) is 94.3 cm³/mol. The Morgan fingerprint density at radius 3 is 2.83 bits per heavy atom. The topological polar surface area (TPSA) is 34.4 Å². The van der Waals surface area contributed by atoms with E-state index in [9.17, 15) is 9.18 Å². The van der Waals surface area contributed by atoms with Gasteiger partial charge in [0.25, 0.3) is 5.91 Å². The predicted octanol–water partition coefficient (Wildman–Crippen LogP) is 3.78. The van der Waals surface area contributed by atoms with Crippen molar-refractivity contribution in [2.75, 3.05) is 0 Å². The maximum Gasteiger partial charge on any atom is 0.282 e. The molecule has 0 aliphatic carbocycles. The van der Waals surface area contributed by atoms with Gasteiger partial charge in [0.05, 0.1) is 22.3 Å². The van der Waals surface area contributed by atoms with Gasteiger partial charge in [-0.2, -0.15) is 4.99 Å². The van der Waals surface area contributed by atoms with Crippen LogP contribution in [0.15, 0.2) is 47.5 Å². The highest BCUT2D eigenvalue weighted by molar-refractivity contribution is 7.16. The molecular formula is C19H15FN2OS. The maximum atomic E-state index is 13.8. The van der Waals surface area contributed by atoms with E-state index in [1.54, 1.807) is 10.6 Å². The lowest BCUT2D eigenvalue weighted by molar-refractivity contribution is 0.0994. The van der Waals surface area contributed by atoms with Gasteiger partial charge in [-0.1, -0.05) is 42.4 Å². The molecule has 0 aliphatic heterocycles. The highest BCUT2D eigenvalue weighted by Crippen LogP contribution is 2.20. The molecule has 3 aromatic rings. The van der Waals surface area contributed by atoms with Gasteiger partial charge in [-0.15, -0.1) is 6.42 Å². The van der Waals surface area contributed by atoms with Crippen LogP contribution in [0.4, 0.5) is 4.39 Å². The second-order valence-corrected chi connectivity index (χ2v) is 6.24. The molecule has 5 heteroatoms. The van der Waals surface area contributed by atoms with E-state index in [-0.39, 0.29) is 5.56 Å². The van der Waals surface area contributed by atoms with Gasteiger partial charge in [-0.25, -0.2) is 4.39 Å². The van der Waals surface area contributed by atoms with E-state index in [0.29, 0.717) is 11.3 Å². The Morgan fingerprint density at radius 2 is 2.12 bits per heavy atom. The van der Waals surface area contributed by atoms with Crippen molar-refractivity contribution in [3.05, 3.63) is 64.2 Å². The molecule has 2 aromatic carbocycles. The first-order chi connectivity index (χ1) is 11.6. The van der Waals surface area contributed by atoms with Crippen molar-refractivity contribution < 1.29 is 9.18 Å². The molecule has 0 N–H and O–H groups in total. The highest BCUT2D eigenvalue weighted by Gasteiger charge is 2.12. The second kappa shape index (κ2) is 6.81. The molecule has 1 aromatic heterocycles. The zero-order chi connectivity index (χ0) is 17.1. The van der Waals surface area contributed by atoms with Gasteiger partial charge >= 0.3 is 0 Å². The molecule has 120 valence electrons. The minimum Gasteiger partial charge on any atom is -0.305 e. The molecule has 1 heterocycles. The number of carbonyl (C=O) groups is 1. The van der Waals surface area contributed by atoms with Crippen LogP contribution in [0, 0.1) is 18.2 Å². The standard InChI is InChI=1S/C19H15FN2OS/c1-3-11-22-16-10-9-13(4-2)12-17(16)24-19(22)21-18(23)14-7-5-6-8-15(14)20/h1,5-10,12H,4,11H2,2H3. The lowest BCUT2D eigenvalue weighted by Crippen LogP contribution is -2.16. The SMILES string of the molecule is C#CCn1c(=NC(=O)c2ccccc2F)sc2cc(CC)ccc21. The summed E-state index contributed by atoms with van der Waals surface area (Å²) in [6.07, 6.45) is 6.37. The van der Waals surface area contributed by atoms with Crippen LogP contribution in [-0.2, 0) is 13.0 Å². The third-order valence-electron chi connectivity index (χ3n) is 3.71. The van der Waals surface area contributed by atoms with E-state index in [4.69, 9.17) is 6.42 Å². The molecule has 3 rings (SSSR count). The van der Waals surface area contributed by atoms with Crippen molar-refractivity contribution >= 4 is 27.5 Å². The van der Waals surface area contributed by atoms with Crippen LogP contribution >= 0.6 is 11.3 Å². The van der Waals surface area contributed by atoms with Crippen LogP contribution in [0.25, 0.3) is 10.2 Å². The summed E-state index contributed by atoms with van der Waals surface area (Å²) in [7, 11) is 0. The van der Waals surface area contributed by atoms with E-state index in [2.05, 4.69) is 23.9 Å². The fourth-order valence-corrected chi connectivity index (χ4v) is 3.54. The number of terminal acetylenes is 1. The Kier molecular flexibility index (Phi) is 4.59. The summed E-state index contributed by atoms with van der Waals surface area (Å²) >= 11 is 1.38. The zero-order valence-corrected chi connectivity index (χ0v) is 13.9. The quantitative estimate of drug-likeness (QED) is 0.669. The molecule has 0 spiro atoms. The van der Waals surface area contributed by atoms with Gasteiger partial charge in [-0.05, 0) is 36.2 Å². The average Bonchev–Trinajstić information content (AvgIpc) is 2.92. The number of benzene rings is 2. The number of fused-ring (bicyclic) bond motifs is 1. The molecular weight excluding hydrogens is 323 g/mol. The summed E-state index contributed by atoms with van der Waals surface area (Å²) in [6, 6.07) is 11.9. The molecule has 0 aliphatic rings. The monoisotopic (exact) mass is 338 g/mol. The summed E-state index contributed by atoms with van der Waals surface area (Å²) in [5, 5.41) is 0. The average molecular weight is 338 g/mol. The van der Waals surface area contributed by atoms with Crippen molar-refractivity contribution in [2.24, 2.45) is 4.99 Å². The van der Waals surface area contributed by atoms with Crippen LogP contribution in [0.3, 0.4) is 0 Å². The van der Waals surface area contributed by atoms with Gasteiger partial charge in [0.1, 0.15) is 5.82 Å². The molecule has 1 amide bonds. The van der Waals surface area contributed by atoms with E-state index in [0.717, 1.165) is 16.6 Å². The number of hydrogen-bond donors (Lipinski definition) is 0. The number of thiazole rings is 1. The van der Waals surface area contributed by atoms with Crippen molar-refractivity contribution in [1.82, 2.24) is 4.57 Å². The Bertz CT molecular complexity index is 1020. The van der Waals surface area contributed by atoms with Crippen molar-refractivity contribution in [1.29, 1.82) is 0 Å². The summed E-state index contributed by atoms with van der Waals surface area (Å²) < 4.78 is 16.6. The van der Waals surface area contributed by atoms with Crippen LogP contribution in [-0.4, -0.2) is 10.5 Å². The molecule has 0 bridgehead atoms. The third kappa shape index (κ3) is 3.01. The molecule has 0 fully saturated rings. The third-order valence-corrected chi connectivity index (χ3v) is 4.75. The minimum absolute atomic E-state index is 0.0449. The van der Waals surface area contributed by atoms with Crippen LogP contribution in [0.2, 0.25) is 0 Å². The number of hydrogen-bond acceptors (Lipinski definition) is 2. The zero-order valence-electron chi connectivity index (χ0n) is 13.1. The summed E-state index contributed by atoms with van der Waals surface area (Å²) in [5.74, 6) is 1.39. The number of aryl methyl sites for hydroxylation is 1. The number of rotatable bonds is 3. The first-order valence-electron chi connectivity index (χ1n) is 7.53. The Labute approximate surface area is 143 Å². The molecule has 24 heavy (non-hydrogen) atoms. The van der Waals surface area contributed by atoms with Gasteiger partial charge in [0, 0.05) is 0 Å². The molecule has 0 saturated heterocycles. The Morgan fingerprint density at radius 1 is 1.33 bits per heavy atom. The smallest absolute Gasteiger partial charge is 0.282 e. The summed E-state index contributed by atoms with van der Waals surface area (Å²) in [5.41, 5.74) is 2.08. The first-order valence-corrected chi connectivity index (χ1v) is 8.35. The summed E-state index contributed by atoms with van der Waals surface area (Å²) in [6.45, 7) is 2.38. The molecule has 0 atom stereocenters. The molecule has 0 radical (unpaired) electrons. The van der Waals surface area contributed by atoms with Gasteiger partial charge in [0.2, 0.25) is 0 Å². The molecule has 0 saturated carbocycles. The molecule has 0 unspecified atom stereocenters. The number of nitrogens with zero attached hydrogens (tertiary/aromatic N) is 2. The van der Waals surface area contributed by atoms with Gasteiger partial charge < -0.3 is 4.57 Å². The number of carbonyl (C=O) groups excluding carboxylic acids is 1. The van der Waals surface area contributed by atoms with Crippen LogP contribution in [0.5, 0.6) is 0 Å². The second-order valence-electron chi connectivity index (χ2n) is 5.23. The van der Waals surface area contributed by atoms with Crippen molar-refractivity contribution in [2.45, 2.75) is 19.9 Å². The lowest BCUT2D eigenvalue weighted by atomic mass is 10.2. The van der Waals surface area contributed by atoms with Crippen LogP contribution < -0.4 is 4.80 Å². The fraction of sp³-hybridized carbons (Fsp3) is 0.158. The van der Waals surface area contributed by atoms with Crippen LogP contribution in [0.1, 0.15) is 22.8 Å². The lowest BCUT2D eigenvalue weighted by Gasteiger charge is -2.01. The maximum absolute atomic E-state index is 13.8. The van der Waals surface area contributed by atoms with E-state index < -0.39 is 11.7 Å². The van der Waals surface area contributed by atoms with Crippen molar-refractivity contribution in [3.8, 4) is 12.3 Å². The highest BCUT2D eigenvalue weighted by atomic mass is 32.1. The van der Waals surface area contributed by atoms with E-state index in [1.807, 2.05) is 12.1 Å². The number of aromatic nitrogens is 1. The van der Waals surface area contributed by atoms with E-state index in [1.165, 1.54) is 35.1 Å². The first kappa shape index (κ1) is 16.2. The number of amides is 1. The van der Waals surface area contributed by atoms with Gasteiger partial charge in [0.15, 0.2) is 4.80 Å².